The molecule has 0 aromatic heterocycles. The Hall–Kier alpha value is -2.30. The molecule has 0 aliphatic carbocycles. The van der Waals surface area contributed by atoms with Crippen LogP contribution in [0.3, 0.4) is 0 Å². The Morgan fingerprint density at radius 1 is 1.20 bits per heavy atom. The number of unbranched alkanes of at least 4 members (excludes halogenated alkanes) is 3. The highest BCUT2D eigenvalue weighted by atomic mass is 16.1. The van der Waals surface area contributed by atoms with Gasteiger partial charge in [0.2, 0.25) is 0 Å². The first kappa shape index (κ1) is 20.7. The molecule has 0 saturated heterocycles. The van der Waals surface area contributed by atoms with Crippen LogP contribution in [0, 0.1) is 0 Å². The minimum Gasteiger partial charge on any atom is -0.352 e. The van der Waals surface area contributed by atoms with Crippen molar-refractivity contribution in [1.29, 1.82) is 0 Å². The third kappa shape index (κ3) is 7.88. The fourth-order valence-corrected chi connectivity index (χ4v) is 2.52. The summed E-state index contributed by atoms with van der Waals surface area (Å²) in [4.78, 5) is 18.3. The quantitative estimate of drug-likeness (QED) is 0.297. The summed E-state index contributed by atoms with van der Waals surface area (Å²) < 4.78 is 0. The maximum atomic E-state index is 11.8. The number of allylic oxidation sites excluding steroid dienone is 1. The molecule has 0 unspecified atom stereocenters. The fraction of sp³-hybridized carbons (Fsp3) is 0.500. The number of carbonyl (C=O) groups excluding carboxylic acids is 1. The van der Waals surface area contributed by atoms with E-state index in [0.717, 1.165) is 30.9 Å². The van der Waals surface area contributed by atoms with E-state index in [9.17, 15) is 4.79 Å². The molecule has 0 atom stereocenters. The third-order valence-corrected chi connectivity index (χ3v) is 3.98. The summed E-state index contributed by atoms with van der Waals surface area (Å²) in [7, 11) is 3.86. The van der Waals surface area contributed by atoms with Crippen LogP contribution in [0.4, 0.5) is 0 Å². The minimum absolute atomic E-state index is 0.0333. The number of aliphatic imine (C=N–C) groups is 1. The second kappa shape index (κ2) is 12.1. The second-order valence-electron chi connectivity index (χ2n) is 6.02. The molecule has 0 saturated carbocycles. The van der Waals surface area contributed by atoms with Crippen molar-refractivity contribution in [3.8, 4) is 0 Å². The molecule has 0 aliphatic heterocycles. The lowest BCUT2D eigenvalue weighted by atomic mass is 10.1. The Balaban J connectivity index is 2.43. The monoisotopic (exact) mass is 344 g/mol. The van der Waals surface area contributed by atoms with Gasteiger partial charge in [-0.25, -0.2) is 0 Å². The number of rotatable bonds is 10. The van der Waals surface area contributed by atoms with Crippen LogP contribution in [-0.4, -0.2) is 44.0 Å². The van der Waals surface area contributed by atoms with E-state index >= 15 is 0 Å². The lowest BCUT2D eigenvalue weighted by Gasteiger charge is -2.22. The molecular weight excluding hydrogens is 312 g/mol. The molecular formula is C20H32N4O. The standard InChI is InChI=1S/C20H32N4O/c1-5-7-8-9-10-15-24(4)20(21-3)23-16-17-11-13-18(14-12-17)19(25)22-6-2/h5,11-14H,1,6-10,15-16H2,2-4H3,(H,21,23)(H,22,25). The zero-order valence-electron chi connectivity index (χ0n) is 15.8. The van der Waals surface area contributed by atoms with Gasteiger partial charge in [0.1, 0.15) is 0 Å². The van der Waals surface area contributed by atoms with Gasteiger partial charge in [-0.05, 0) is 43.9 Å². The van der Waals surface area contributed by atoms with Crippen molar-refractivity contribution in [1.82, 2.24) is 15.5 Å². The topological polar surface area (TPSA) is 56.7 Å². The molecule has 5 nitrogen and oxygen atoms in total. The SMILES string of the molecule is C=CCCCCCN(C)C(=NC)NCc1ccc(C(=O)NCC)cc1. The smallest absolute Gasteiger partial charge is 0.251 e. The van der Waals surface area contributed by atoms with E-state index in [0.29, 0.717) is 18.7 Å². The van der Waals surface area contributed by atoms with Crippen molar-refractivity contribution in [3.05, 3.63) is 48.0 Å². The molecule has 0 fully saturated rings. The van der Waals surface area contributed by atoms with E-state index in [1.165, 1.54) is 12.8 Å². The normalized spacial score (nSPS) is 11.1. The van der Waals surface area contributed by atoms with Crippen LogP contribution in [0.1, 0.15) is 48.5 Å². The number of nitrogens with zero attached hydrogens (tertiary/aromatic N) is 2. The molecule has 0 heterocycles. The highest BCUT2D eigenvalue weighted by Crippen LogP contribution is 2.05. The Morgan fingerprint density at radius 2 is 1.92 bits per heavy atom. The molecule has 0 bridgehead atoms. The van der Waals surface area contributed by atoms with Crippen LogP contribution in [-0.2, 0) is 6.54 Å². The summed E-state index contributed by atoms with van der Waals surface area (Å²) in [5.74, 6) is 0.852. The average molecular weight is 345 g/mol. The Kier molecular flexibility index (Phi) is 10.1. The summed E-state index contributed by atoms with van der Waals surface area (Å²) >= 11 is 0. The predicted octanol–water partition coefficient (Wildman–Crippen LogP) is 3.19. The number of benzene rings is 1. The molecule has 1 rings (SSSR count). The Bertz CT molecular complexity index is 551. The van der Waals surface area contributed by atoms with Crippen LogP contribution in [0.25, 0.3) is 0 Å². The number of hydrogen-bond donors (Lipinski definition) is 2. The predicted molar refractivity (Wildman–Crippen MR) is 106 cm³/mol. The summed E-state index contributed by atoms with van der Waals surface area (Å²) in [6, 6.07) is 7.66. The van der Waals surface area contributed by atoms with Crippen LogP contribution in [0.2, 0.25) is 0 Å². The van der Waals surface area contributed by atoms with E-state index in [1.54, 1.807) is 7.05 Å². The lowest BCUT2D eigenvalue weighted by Crippen LogP contribution is -2.39. The van der Waals surface area contributed by atoms with Gasteiger partial charge in [0.15, 0.2) is 5.96 Å². The molecule has 5 heteroatoms. The van der Waals surface area contributed by atoms with Crippen LogP contribution in [0.15, 0.2) is 41.9 Å². The lowest BCUT2D eigenvalue weighted by molar-refractivity contribution is 0.0956. The van der Waals surface area contributed by atoms with Gasteiger partial charge < -0.3 is 15.5 Å². The molecule has 1 aromatic carbocycles. The summed E-state index contributed by atoms with van der Waals surface area (Å²) in [5.41, 5.74) is 1.81. The van der Waals surface area contributed by atoms with Crippen molar-refractivity contribution in [2.75, 3.05) is 27.2 Å². The first-order valence-corrected chi connectivity index (χ1v) is 9.02. The van der Waals surface area contributed by atoms with Gasteiger partial charge in [-0.3, -0.25) is 9.79 Å². The van der Waals surface area contributed by atoms with Gasteiger partial charge in [-0.2, -0.15) is 0 Å². The Labute approximate surface area is 152 Å². The first-order valence-electron chi connectivity index (χ1n) is 9.02. The number of nitrogens with one attached hydrogen (secondary N) is 2. The maximum absolute atomic E-state index is 11.8. The summed E-state index contributed by atoms with van der Waals surface area (Å²) in [5, 5.41) is 6.17. The molecule has 1 aromatic rings. The molecule has 0 aliphatic rings. The van der Waals surface area contributed by atoms with E-state index in [2.05, 4.69) is 34.2 Å². The number of amides is 1. The molecule has 0 radical (unpaired) electrons. The van der Waals surface area contributed by atoms with Crippen LogP contribution in [0.5, 0.6) is 0 Å². The van der Waals surface area contributed by atoms with Crippen molar-refractivity contribution >= 4 is 11.9 Å². The van der Waals surface area contributed by atoms with Gasteiger partial charge in [0.05, 0.1) is 0 Å². The van der Waals surface area contributed by atoms with Crippen molar-refractivity contribution in [2.45, 2.75) is 39.2 Å². The fourth-order valence-electron chi connectivity index (χ4n) is 2.52. The van der Waals surface area contributed by atoms with E-state index < -0.39 is 0 Å². The van der Waals surface area contributed by atoms with Gasteiger partial charge in [-0.15, -0.1) is 6.58 Å². The van der Waals surface area contributed by atoms with Crippen LogP contribution >= 0.6 is 0 Å². The number of hydrogen-bond acceptors (Lipinski definition) is 2. The molecule has 138 valence electrons. The Morgan fingerprint density at radius 3 is 2.52 bits per heavy atom. The maximum Gasteiger partial charge on any atom is 0.251 e. The molecule has 1 amide bonds. The number of carbonyl (C=O) groups is 1. The second-order valence-corrected chi connectivity index (χ2v) is 6.02. The molecule has 25 heavy (non-hydrogen) atoms. The highest BCUT2D eigenvalue weighted by molar-refractivity contribution is 5.94. The molecule has 0 spiro atoms. The van der Waals surface area contributed by atoms with Gasteiger partial charge in [0.25, 0.3) is 5.91 Å². The van der Waals surface area contributed by atoms with Gasteiger partial charge in [-0.1, -0.05) is 24.6 Å². The number of guanidine groups is 1. The van der Waals surface area contributed by atoms with E-state index in [-0.39, 0.29) is 5.91 Å². The summed E-state index contributed by atoms with van der Waals surface area (Å²) in [6.45, 7) is 7.97. The highest BCUT2D eigenvalue weighted by Gasteiger charge is 2.06. The third-order valence-electron chi connectivity index (χ3n) is 3.98. The van der Waals surface area contributed by atoms with Crippen molar-refractivity contribution in [3.63, 3.8) is 0 Å². The molecule has 2 N–H and O–H groups in total. The first-order chi connectivity index (χ1) is 12.1. The van der Waals surface area contributed by atoms with E-state index in [4.69, 9.17) is 0 Å². The zero-order valence-corrected chi connectivity index (χ0v) is 15.8. The average Bonchev–Trinajstić information content (AvgIpc) is 2.62. The largest absolute Gasteiger partial charge is 0.352 e. The minimum atomic E-state index is -0.0333. The van der Waals surface area contributed by atoms with Crippen molar-refractivity contribution < 1.29 is 4.79 Å². The van der Waals surface area contributed by atoms with Gasteiger partial charge in [0, 0.05) is 39.3 Å². The van der Waals surface area contributed by atoms with Crippen molar-refractivity contribution in [2.24, 2.45) is 4.99 Å². The van der Waals surface area contributed by atoms with Gasteiger partial charge >= 0.3 is 0 Å². The zero-order chi connectivity index (χ0) is 18.5. The van der Waals surface area contributed by atoms with Crippen LogP contribution < -0.4 is 10.6 Å². The summed E-state index contributed by atoms with van der Waals surface area (Å²) in [6.07, 6.45) is 6.60. The van der Waals surface area contributed by atoms with E-state index in [1.807, 2.05) is 37.3 Å².